The third-order valence-electron chi connectivity index (χ3n) is 5.09. The molecule has 0 spiro atoms. The standard InChI is InChI=1S/C26H23BrClNO3S/c1-14-12-19-23(33-24(29-19)16-6-5-7-17(27)13-16)21(15-8-10-18(28)11-9-15)20(14)22(25(30)31)32-26(2,3)4/h5-13,22H,1-4H3,(H,30,31). The number of halogens is 2. The Morgan fingerprint density at radius 1 is 1.12 bits per heavy atom. The lowest BCUT2D eigenvalue weighted by Crippen LogP contribution is -2.28. The van der Waals surface area contributed by atoms with E-state index in [2.05, 4.69) is 15.9 Å². The van der Waals surface area contributed by atoms with Crippen molar-refractivity contribution in [2.24, 2.45) is 0 Å². The lowest BCUT2D eigenvalue weighted by Gasteiger charge is -2.28. The van der Waals surface area contributed by atoms with Gasteiger partial charge in [-0.15, -0.1) is 11.3 Å². The molecule has 1 atom stereocenters. The maximum atomic E-state index is 12.4. The number of thiazole rings is 1. The molecular formula is C26H23BrClNO3S. The molecule has 0 radical (unpaired) electrons. The van der Waals surface area contributed by atoms with Crippen LogP contribution < -0.4 is 0 Å². The molecule has 0 saturated heterocycles. The Hall–Kier alpha value is -2.25. The van der Waals surface area contributed by atoms with E-state index in [9.17, 15) is 9.90 Å². The molecule has 1 N–H and O–H groups in total. The van der Waals surface area contributed by atoms with E-state index in [1.165, 1.54) is 0 Å². The van der Waals surface area contributed by atoms with E-state index in [1.54, 1.807) is 11.3 Å². The predicted octanol–water partition coefficient (Wildman–Crippen LogP) is 8.30. The number of rotatable bonds is 5. The highest BCUT2D eigenvalue weighted by atomic mass is 79.9. The topological polar surface area (TPSA) is 59.4 Å². The van der Waals surface area contributed by atoms with Crippen LogP contribution in [0.3, 0.4) is 0 Å². The molecule has 170 valence electrons. The van der Waals surface area contributed by atoms with Crippen LogP contribution in [0.1, 0.15) is 38.0 Å². The summed E-state index contributed by atoms with van der Waals surface area (Å²) >= 11 is 11.2. The summed E-state index contributed by atoms with van der Waals surface area (Å²) in [4.78, 5) is 17.3. The van der Waals surface area contributed by atoms with Crippen LogP contribution in [-0.2, 0) is 9.53 Å². The summed E-state index contributed by atoms with van der Waals surface area (Å²) < 4.78 is 7.94. The lowest BCUT2D eigenvalue weighted by molar-refractivity contribution is -0.160. The first kappa shape index (κ1) is 23.9. The fourth-order valence-electron chi connectivity index (χ4n) is 3.78. The van der Waals surface area contributed by atoms with Crippen molar-refractivity contribution in [3.05, 3.63) is 75.2 Å². The minimum absolute atomic E-state index is 0.615. The van der Waals surface area contributed by atoms with Gasteiger partial charge in [-0.1, -0.05) is 51.8 Å². The maximum absolute atomic E-state index is 12.4. The van der Waals surface area contributed by atoms with Gasteiger partial charge in [-0.3, -0.25) is 0 Å². The first-order valence-corrected chi connectivity index (χ1v) is 12.4. The highest BCUT2D eigenvalue weighted by Crippen LogP contribution is 2.44. The van der Waals surface area contributed by atoms with Crippen LogP contribution in [0.5, 0.6) is 0 Å². The Morgan fingerprint density at radius 3 is 2.42 bits per heavy atom. The van der Waals surface area contributed by atoms with Crippen LogP contribution in [0, 0.1) is 6.92 Å². The van der Waals surface area contributed by atoms with Crippen molar-refractivity contribution in [1.82, 2.24) is 4.98 Å². The molecule has 0 aliphatic carbocycles. The van der Waals surface area contributed by atoms with Gasteiger partial charge in [0.1, 0.15) is 5.01 Å². The molecule has 0 saturated carbocycles. The quantitative estimate of drug-likeness (QED) is 0.274. The molecule has 0 bridgehead atoms. The molecule has 1 heterocycles. The molecule has 7 heteroatoms. The Kier molecular flexibility index (Phi) is 6.65. The Bertz CT molecular complexity index is 1340. The average molecular weight is 545 g/mol. The van der Waals surface area contributed by atoms with E-state index in [4.69, 9.17) is 21.3 Å². The zero-order chi connectivity index (χ0) is 23.9. The Labute approximate surface area is 210 Å². The maximum Gasteiger partial charge on any atom is 0.337 e. The molecule has 4 aromatic rings. The van der Waals surface area contributed by atoms with Crippen molar-refractivity contribution in [3.8, 4) is 21.7 Å². The molecule has 4 nitrogen and oxygen atoms in total. The van der Waals surface area contributed by atoms with E-state index in [-0.39, 0.29) is 0 Å². The summed E-state index contributed by atoms with van der Waals surface area (Å²) in [6.45, 7) is 7.48. The summed E-state index contributed by atoms with van der Waals surface area (Å²) in [7, 11) is 0. The lowest BCUT2D eigenvalue weighted by atomic mass is 9.91. The summed E-state index contributed by atoms with van der Waals surface area (Å²) in [6.07, 6.45) is -1.13. The number of carbonyl (C=O) groups is 1. The van der Waals surface area contributed by atoms with Crippen LogP contribution in [0.15, 0.2) is 59.1 Å². The van der Waals surface area contributed by atoms with Gasteiger partial charge in [0.25, 0.3) is 0 Å². The minimum Gasteiger partial charge on any atom is -0.479 e. The SMILES string of the molecule is Cc1cc2nc(-c3cccc(Br)c3)sc2c(-c2ccc(Cl)cc2)c1C(OC(C)(C)C)C(=O)O. The molecule has 4 rings (SSSR count). The van der Waals surface area contributed by atoms with E-state index in [0.717, 1.165) is 42.0 Å². The smallest absolute Gasteiger partial charge is 0.337 e. The van der Waals surface area contributed by atoms with Crippen molar-refractivity contribution >= 4 is 55.1 Å². The number of ether oxygens (including phenoxy) is 1. The fourth-order valence-corrected chi connectivity index (χ4v) is 5.43. The summed E-state index contributed by atoms with van der Waals surface area (Å²) in [6, 6.07) is 17.4. The largest absolute Gasteiger partial charge is 0.479 e. The van der Waals surface area contributed by atoms with Crippen LogP contribution in [-0.4, -0.2) is 21.7 Å². The van der Waals surface area contributed by atoms with Crippen LogP contribution in [0.2, 0.25) is 5.02 Å². The second kappa shape index (κ2) is 9.18. The number of carboxylic acids is 1. The van der Waals surface area contributed by atoms with Gasteiger partial charge < -0.3 is 9.84 Å². The fraction of sp³-hybridized carbons (Fsp3) is 0.231. The second-order valence-electron chi connectivity index (χ2n) is 8.82. The summed E-state index contributed by atoms with van der Waals surface area (Å²) in [5.41, 5.74) is 4.31. The number of aromatic nitrogens is 1. The average Bonchev–Trinajstić information content (AvgIpc) is 3.15. The Balaban J connectivity index is 2.04. The van der Waals surface area contributed by atoms with E-state index in [0.29, 0.717) is 10.6 Å². The molecular weight excluding hydrogens is 522 g/mol. The van der Waals surface area contributed by atoms with Gasteiger partial charge in [-0.05, 0) is 69.2 Å². The predicted molar refractivity (Wildman–Crippen MR) is 139 cm³/mol. The first-order chi connectivity index (χ1) is 15.5. The molecule has 0 fully saturated rings. The first-order valence-electron chi connectivity index (χ1n) is 10.4. The number of aliphatic carboxylic acids is 1. The van der Waals surface area contributed by atoms with Crippen LogP contribution in [0.4, 0.5) is 0 Å². The third-order valence-corrected chi connectivity index (χ3v) is 6.97. The van der Waals surface area contributed by atoms with Gasteiger partial charge in [0, 0.05) is 26.2 Å². The monoisotopic (exact) mass is 543 g/mol. The molecule has 0 aliphatic heterocycles. The van der Waals surface area contributed by atoms with Crippen LogP contribution in [0.25, 0.3) is 31.9 Å². The van der Waals surface area contributed by atoms with Gasteiger partial charge in [0.05, 0.1) is 15.8 Å². The molecule has 33 heavy (non-hydrogen) atoms. The van der Waals surface area contributed by atoms with Crippen LogP contribution >= 0.6 is 38.9 Å². The number of benzene rings is 3. The van der Waals surface area contributed by atoms with Crippen molar-refractivity contribution < 1.29 is 14.6 Å². The highest BCUT2D eigenvalue weighted by Gasteiger charge is 2.32. The number of aryl methyl sites for hydroxylation is 1. The van der Waals surface area contributed by atoms with Crippen molar-refractivity contribution in [2.45, 2.75) is 39.4 Å². The number of hydrogen-bond donors (Lipinski definition) is 1. The normalized spacial score (nSPS) is 12.8. The summed E-state index contributed by atoms with van der Waals surface area (Å²) in [5, 5.41) is 11.6. The molecule has 1 aromatic heterocycles. The van der Waals surface area contributed by atoms with Gasteiger partial charge in [-0.25, -0.2) is 9.78 Å². The number of fused-ring (bicyclic) bond motifs is 1. The van der Waals surface area contributed by atoms with Crippen molar-refractivity contribution in [3.63, 3.8) is 0 Å². The number of hydrogen-bond acceptors (Lipinski definition) is 4. The highest BCUT2D eigenvalue weighted by molar-refractivity contribution is 9.10. The molecule has 1 unspecified atom stereocenters. The van der Waals surface area contributed by atoms with E-state index in [1.807, 2.05) is 82.3 Å². The molecule has 3 aromatic carbocycles. The Morgan fingerprint density at radius 2 is 1.82 bits per heavy atom. The second-order valence-corrected chi connectivity index (χ2v) is 11.2. The summed E-state index contributed by atoms with van der Waals surface area (Å²) in [5.74, 6) is -1.03. The zero-order valence-electron chi connectivity index (χ0n) is 18.6. The van der Waals surface area contributed by atoms with Gasteiger partial charge in [-0.2, -0.15) is 0 Å². The molecule has 0 aliphatic rings. The van der Waals surface area contributed by atoms with E-state index < -0.39 is 17.7 Å². The van der Waals surface area contributed by atoms with E-state index >= 15 is 0 Å². The van der Waals surface area contributed by atoms with Gasteiger partial charge in [0.2, 0.25) is 0 Å². The third kappa shape index (κ3) is 5.14. The van der Waals surface area contributed by atoms with Crippen molar-refractivity contribution in [1.29, 1.82) is 0 Å². The number of nitrogens with zero attached hydrogens (tertiary/aromatic N) is 1. The van der Waals surface area contributed by atoms with Gasteiger partial charge in [0.15, 0.2) is 6.10 Å². The van der Waals surface area contributed by atoms with Gasteiger partial charge >= 0.3 is 5.97 Å². The number of carboxylic acid groups (broad SMARTS) is 1. The minimum atomic E-state index is -1.13. The van der Waals surface area contributed by atoms with Crippen molar-refractivity contribution in [2.75, 3.05) is 0 Å². The molecule has 0 amide bonds. The zero-order valence-corrected chi connectivity index (χ0v) is 21.8.